The second kappa shape index (κ2) is 5.37. The van der Waals surface area contributed by atoms with Crippen molar-refractivity contribution in [2.45, 2.75) is 25.8 Å². The SMILES string of the molecule is CC=CC(=O)N1CCCC1c1ccccc1Cl. The van der Waals surface area contributed by atoms with E-state index < -0.39 is 0 Å². The van der Waals surface area contributed by atoms with E-state index in [1.807, 2.05) is 36.1 Å². The zero-order chi connectivity index (χ0) is 12.3. The maximum Gasteiger partial charge on any atom is 0.246 e. The van der Waals surface area contributed by atoms with Crippen LogP contribution in [0.2, 0.25) is 5.02 Å². The first-order valence-corrected chi connectivity index (χ1v) is 6.29. The van der Waals surface area contributed by atoms with Gasteiger partial charge in [-0.1, -0.05) is 35.9 Å². The molecular formula is C14H16ClNO. The van der Waals surface area contributed by atoms with E-state index in [4.69, 9.17) is 11.6 Å². The zero-order valence-electron chi connectivity index (χ0n) is 9.90. The molecule has 0 radical (unpaired) electrons. The van der Waals surface area contributed by atoms with Gasteiger partial charge in [-0.2, -0.15) is 0 Å². The van der Waals surface area contributed by atoms with Crippen LogP contribution >= 0.6 is 11.6 Å². The van der Waals surface area contributed by atoms with Gasteiger partial charge < -0.3 is 4.90 Å². The first-order valence-electron chi connectivity index (χ1n) is 5.91. The van der Waals surface area contributed by atoms with E-state index in [9.17, 15) is 4.79 Å². The van der Waals surface area contributed by atoms with Crippen molar-refractivity contribution in [3.63, 3.8) is 0 Å². The fourth-order valence-corrected chi connectivity index (χ4v) is 2.60. The molecule has 0 aliphatic carbocycles. The summed E-state index contributed by atoms with van der Waals surface area (Å²) >= 11 is 6.20. The predicted molar refractivity (Wildman–Crippen MR) is 70.0 cm³/mol. The van der Waals surface area contributed by atoms with Crippen molar-refractivity contribution < 1.29 is 4.79 Å². The molecule has 1 heterocycles. The number of rotatable bonds is 2. The van der Waals surface area contributed by atoms with Crippen LogP contribution in [0.1, 0.15) is 31.4 Å². The van der Waals surface area contributed by atoms with Gasteiger partial charge >= 0.3 is 0 Å². The minimum absolute atomic E-state index is 0.0786. The molecule has 2 rings (SSSR count). The van der Waals surface area contributed by atoms with Gasteiger partial charge in [-0.15, -0.1) is 0 Å². The second-order valence-corrected chi connectivity index (χ2v) is 4.62. The molecule has 1 aromatic rings. The number of carbonyl (C=O) groups excluding carboxylic acids is 1. The Hall–Kier alpha value is -1.28. The predicted octanol–water partition coefficient (Wildman–Crippen LogP) is 3.58. The first-order chi connectivity index (χ1) is 8.24. The summed E-state index contributed by atoms with van der Waals surface area (Å²) in [4.78, 5) is 13.8. The molecule has 1 aliphatic rings. The molecule has 1 atom stereocenters. The second-order valence-electron chi connectivity index (χ2n) is 4.21. The third-order valence-corrected chi connectivity index (χ3v) is 3.45. The summed E-state index contributed by atoms with van der Waals surface area (Å²) in [6.07, 6.45) is 5.44. The lowest BCUT2D eigenvalue weighted by molar-refractivity contribution is -0.126. The van der Waals surface area contributed by atoms with Crippen LogP contribution in [0.5, 0.6) is 0 Å². The van der Waals surface area contributed by atoms with Crippen molar-refractivity contribution in [1.82, 2.24) is 4.90 Å². The summed E-state index contributed by atoms with van der Waals surface area (Å²) in [7, 11) is 0. The number of nitrogens with zero attached hydrogens (tertiary/aromatic N) is 1. The molecule has 0 saturated carbocycles. The third kappa shape index (κ3) is 2.52. The average molecular weight is 250 g/mol. The highest BCUT2D eigenvalue weighted by atomic mass is 35.5. The Morgan fingerprint density at radius 1 is 1.47 bits per heavy atom. The van der Waals surface area contributed by atoms with E-state index in [0.717, 1.165) is 30.0 Å². The van der Waals surface area contributed by atoms with Gasteiger partial charge in [0.25, 0.3) is 0 Å². The lowest BCUT2D eigenvalue weighted by atomic mass is 10.0. The number of hydrogen-bond donors (Lipinski definition) is 0. The summed E-state index contributed by atoms with van der Waals surface area (Å²) in [6.45, 7) is 2.68. The number of halogens is 1. The largest absolute Gasteiger partial charge is 0.332 e. The average Bonchev–Trinajstić information content (AvgIpc) is 2.79. The summed E-state index contributed by atoms with van der Waals surface area (Å²) in [5, 5.41) is 0.748. The summed E-state index contributed by atoms with van der Waals surface area (Å²) < 4.78 is 0. The zero-order valence-corrected chi connectivity index (χ0v) is 10.7. The molecule has 1 aliphatic heterocycles. The lowest BCUT2D eigenvalue weighted by Gasteiger charge is -2.24. The van der Waals surface area contributed by atoms with Crippen molar-refractivity contribution in [1.29, 1.82) is 0 Å². The standard InChI is InChI=1S/C14H16ClNO/c1-2-6-14(17)16-10-5-9-13(16)11-7-3-4-8-12(11)15/h2-4,6-8,13H,5,9-10H2,1H3. The van der Waals surface area contributed by atoms with Crippen LogP contribution < -0.4 is 0 Å². The van der Waals surface area contributed by atoms with Gasteiger partial charge in [0.05, 0.1) is 6.04 Å². The Morgan fingerprint density at radius 3 is 2.94 bits per heavy atom. The van der Waals surface area contributed by atoms with Crippen LogP contribution in [0.4, 0.5) is 0 Å². The fourth-order valence-electron chi connectivity index (χ4n) is 2.34. The summed E-state index contributed by atoms with van der Waals surface area (Å²) in [5.74, 6) is 0.0786. The molecule has 2 nitrogen and oxygen atoms in total. The number of amides is 1. The lowest BCUT2D eigenvalue weighted by Crippen LogP contribution is -2.29. The van der Waals surface area contributed by atoms with Gasteiger partial charge in [0.15, 0.2) is 0 Å². The number of allylic oxidation sites excluding steroid dienone is 1. The number of carbonyl (C=O) groups is 1. The van der Waals surface area contributed by atoms with Gasteiger partial charge in [0.1, 0.15) is 0 Å². The highest BCUT2D eigenvalue weighted by molar-refractivity contribution is 6.31. The third-order valence-electron chi connectivity index (χ3n) is 3.11. The van der Waals surface area contributed by atoms with Crippen molar-refractivity contribution in [3.05, 3.63) is 47.0 Å². The molecule has 1 fully saturated rings. The van der Waals surface area contributed by atoms with E-state index >= 15 is 0 Å². The van der Waals surface area contributed by atoms with E-state index in [-0.39, 0.29) is 11.9 Å². The van der Waals surface area contributed by atoms with Crippen molar-refractivity contribution in [2.24, 2.45) is 0 Å². The van der Waals surface area contributed by atoms with Crippen LogP contribution in [0.25, 0.3) is 0 Å². The Bertz CT molecular complexity index is 442. The van der Waals surface area contributed by atoms with E-state index in [1.54, 1.807) is 12.2 Å². The van der Waals surface area contributed by atoms with E-state index in [2.05, 4.69) is 0 Å². The quantitative estimate of drug-likeness (QED) is 0.734. The number of hydrogen-bond acceptors (Lipinski definition) is 1. The Labute approximate surface area is 107 Å². The van der Waals surface area contributed by atoms with Crippen LogP contribution in [0.3, 0.4) is 0 Å². The normalized spacial score (nSPS) is 20.1. The van der Waals surface area contributed by atoms with Crippen molar-refractivity contribution in [3.8, 4) is 0 Å². The molecule has 0 aromatic heterocycles. The highest BCUT2D eigenvalue weighted by Gasteiger charge is 2.29. The molecule has 0 spiro atoms. The molecule has 90 valence electrons. The number of likely N-dealkylation sites (tertiary alicyclic amines) is 1. The van der Waals surface area contributed by atoms with Crippen LogP contribution in [-0.2, 0) is 4.79 Å². The summed E-state index contributed by atoms with van der Waals surface area (Å²) in [5.41, 5.74) is 1.06. The van der Waals surface area contributed by atoms with Crippen LogP contribution in [0.15, 0.2) is 36.4 Å². The topological polar surface area (TPSA) is 20.3 Å². The fraction of sp³-hybridized carbons (Fsp3) is 0.357. The molecule has 0 bridgehead atoms. The smallest absolute Gasteiger partial charge is 0.246 e. The van der Waals surface area contributed by atoms with Gasteiger partial charge in [0.2, 0.25) is 5.91 Å². The maximum atomic E-state index is 11.9. The van der Waals surface area contributed by atoms with Gasteiger partial charge in [-0.05, 0) is 37.5 Å². The van der Waals surface area contributed by atoms with Crippen LogP contribution in [0, 0.1) is 0 Å². The highest BCUT2D eigenvalue weighted by Crippen LogP contribution is 2.35. The van der Waals surface area contributed by atoms with E-state index in [0.29, 0.717) is 0 Å². The van der Waals surface area contributed by atoms with E-state index in [1.165, 1.54) is 0 Å². The molecule has 1 amide bonds. The Kier molecular flexibility index (Phi) is 3.85. The molecule has 1 aromatic carbocycles. The van der Waals surface area contributed by atoms with Gasteiger partial charge in [-0.25, -0.2) is 0 Å². The minimum Gasteiger partial charge on any atom is -0.332 e. The molecule has 17 heavy (non-hydrogen) atoms. The maximum absolute atomic E-state index is 11.9. The molecule has 1 saturated heterocycles. The molecule has 3 heteroatoms. The van der Waals surface area contributed by atoms with Gasteiger partial charge in [0, 0.05) is 11.6 Å². The Morgan fingerprint density at radius 2 is 2.24 bits per heavy atom. The summed E-state index contributed by atoms with van der Waals surface area (Å²) in [6, 6.07) is 7.91. The first kappa shape index (κ1) is 12.2. The van der Waals surface area contributed by atoms with Crippen molar-refractivity contribution in [2.75, 3.05) is 6.54 Å². The van der Waals surface area contributed by atoms with Gasteiger partial charge in [-0.3, -0.25) is 4.79 Å². The molecule has 0 N–H and O–H groups in total. The number of benzene rings is 1. The van der Waals surface area contributed by atoms with Crippen LogP contribution in [-0.4, -0.2) is 17.4 Å². The minimum atomic E-state index is 0.0786. The molecule has 1 unspecified atom stereocenters. The molecular weight excluding hydrogens is 234 g/mol. The Balaban J connectivity index is 2.26. The van der Waals surface area contributed by atoms with Crippen molar-refractivity contribution >= 4 is 17.5 Å². The monoisotopic (exact) mass is 249 g/mol.